The zero-order chi connectivity index (χ0) is 28.6. The summed E-state index contributed by atoms with van der Waals surface area (Å²) in [6, 6.07) is 23.1. The Kier molecular flexibility index (Phi) is 9.44. The van der Waals surface area contributed by atoms with Gasteiger partial charge in [0.05, 0.1) is 12.1 Å². The molecule has 3 aromatic rings. The van der Waals surface area contributed by atoms with Crippen LogP contribution in [0.15, 0.2) is 91.0 Å². The fraction of sp³-hybridized carbons (Fsp3) is 0.241. The van der Waals surface area contributed by atoms with Crippen molar-refractivity contribution in [1.82, 2.24) is 5.32 Å². The number of aliphatic carboxylic acids is 2. The molecule has 0 radical (unpaired) electrons. The lowest BCUT2D eigenvalue weighted by Crippen LogP contribution is -2.71. The van der Waals surface area contributed by atoms with E-state index in [1.165, 1.54) is 42.0 Å². The number of carbonyl (C=O) groups is 4. The van der Waals surface area contributed by atoms with Crippen molar-refractivity contribution in [2.45, 2.75) is 36.2 Å². The number of rotatable bonds is 8. The summed E-state index contributed by atoms with van der Waals surface area (Å²) in [7, 11) is 0. The van der Waals surface area contributed by atoms with Gasteiger partial charge in [-0.25, -0.2) is 9.59 Å². The zero-order valence-electron chi connectivity index (χ0n) is 20.8. The molecular formula is C29H29NO9. The van der Waals surface area contributed by atoms with Crippen LogP contribution in [0, 0.1) is 0 Å². The average Bonchev–Trinajstić information content (AvgIpc) is 2.97. The van der Waals surface area contributed by atoms with E-state index >= 15 is 0 Å². The summed E-state index contributed by atoms with van der Waals surface area (Å²) in [6.07, 6.45) is 1.76. The summed E-state index contributed by atoms with van der Waals surface area (Å²) in [5.74, 6) is -8.03. The molecule has 1 aliphatic heterocycles. The number of carboxylic acid groups (broad SMARTS) is 2. The third-order valence-electron chi connectivity index (χ3n) is 6.46. The van der Waals surface area contributed by atoms with Crippen molar-refractivity contribution in [3.63, 3.8) is 0 Å². The quantitative estimate of drug-likeness (QED) is 0.184. The van der Waals surface area contributed by atoms with E-state index in [0.717, 1.165) is 43.7 Å². The van der Waals surface area contributed by atoms with Crippen LogP contribution in [0.2, 0.25) is 0 Å². The van der Waals surface area contributed by atoms with Crippen molar-refractivity contribution in [3.8, 4) is 0 Å². The number of carboxylic acids is 2. The van der Waals surface area contributed by atoms with Gasteiger partial charge in [-0.2, -0.15) is 0 Å². The minimum absolute atomic E-state index is 0.134. The van der Waals surface area contributed by atoms with E-state index in [2.05, 4.69) is 17.4 Å². The number of ketones is 2. The highest BCUT2D eigenvalue weighted by atomic mass is 16.5. The summed E-state index contributed by atoms with van der Waals surface area (Å²) in [5.41, 5.74) is -7.49. The summed E-state index contributed by atoms with van der Waals surface area (Å²) >= 11 is 0. The molecule has 1 aliphatic rings. The summed E-state index contributed by atoms with van der Waals surface area (Å²) in [6.45, 7) is 1.01. The minimum Gasteiger partial charge on any atom is -0.479 e. The van der Waals surface area contributed by atoms with Crippen LogP contribution in [0.25, 0.3) is 0 Å². The van der Waals surface area contributed by atoms with Gasteiger partial charge in [-0.3, -0.25) is 9.59 Å². The first-order chi connectivity index (χ1) is 18.5. The van der Waals surface area contributed by atoms with Crippen LogP contribution >= 0.6 is 0 Å². The van der Waals surface area contributed by atoms with Gasteiger partial charge in [0.25, 0.3) is 11.2 Å². The van der Waals surface area contributed by atoms with E-state index in [0.29, 0.717) is 0 Å². The van der Waals surface area contributed by atoms with E-state index in [9.17, 15) is 44.7 Å². The number of carbonyl (C=O) groups excluding carboxylic acids is 2. The van der Waals surface area contributed by atoms with E-state index in [1.54, 1.807) is 0 Å². The lowest BCUT2D eigenvalue weighted by atomic mass is 9.73. The summed E-state index contributed by atoms with van der Waals surface area (Å²) in [5, 5.41) is 53.0. The maximum atomic E-state index is 12.6. The molecule has 0 saturated carbocycles. The highest BCUT2D eigenvalue weighted by molar-refractivity contribution is 6.28. The number of benzene rings is 3. The third-order valence-corrected chi connectivity index (χ3v) is 6.46. The number of aliphatic hydroxyl groups is 3. The van der Waals surface area contributed by atoms with Crippen LogP contribution in [-0.2, 0) is 9.59 Å². The largest absolute Gasteiger partial charge is 0.479 e. The van der Waals surface area contributed by atoms with Crippen LogP contribution in [0.3, 0.4) is 0 Å². The van der Waals surface area contributed by atoms with E-state index in [1.807, 2.05) is 18.2 Å². The van der Waals surface area contributed by atoms with Crippen LogP contribution < -0.4 is 5.32 Å². The van der Waals surface area contributed by atoms with Gasteiger partial charge >= 0.3 is 11.9 Å². The molecule has 0 amide bonds. The molecule has 1 saturated heterocycles. The second-order valence-electron chi connectivity index (χ2n) is 8.97. The fourth-order valence-electron chi connectivity index (χ4n) is 4.30. The van der Waals surface area contributed by atoms with Crippen LogP contribution in [0.1, 0.15) is 45.2 Å². The Hall–Kier alpha value is -4.22. The molecule has 0 spiro atoms. The first-order valence-electron chi connectivity index (χ1n) is 12.1. The molecule has 39 heavy (non-hydrogen) atoms. The average molecular weight is 536 g/mol. The lowest BCUT2D eigenvalue weighted by molar-refractivity contribution is -0.187. The van der Waals surface area contributed by atoms with E-state index < -0.39 is 45.8 Å². The first-order valence-corrected chi connectivity index (χ1v) is 12.1. The lowest BCUT2D eigenvalue weighted by Gasteiger charge is -2.34. The van der Waals surface area contributed by atoms with Gasteiger partial charge in [0.1, 0.15) is 0 Å². The Morgan fingerprint density at radius 2 is 1.05 bits per heavy atom. The van der Waals surface area contributed by atoms with Crippen LogP contribution in [0.4, 0.5) is 0 Å². The first kappa shape index (κ1) is 29.3. The molecule has 0 aliphatic carbocycles. The van der Waals surface area contributed by atoms with E-state index in [-0.39, 0.29) is 12.1 Å². The number of aliphatic hydroxyl groups excluding tert-OH is 1. The molecule has 10 nitrogen and oxygen atoms in total. The van der Waals surface area contributed by atoms with Gasteiger partial charge in [-0.15, -0.1) is 0 Å². The molecule has 6 N–H and O–H groups in total. The maximum absolute atomic E-state index is 12.6. The predicted molar refractivity (Wildman–Crippen MR) is 139 cm³/mol. The van der Waals surface area contributed by atoms with Gasteiger partial charge < -0.3 is 30.8 Å². The topological polar surface area (TPSA) is 181 Å². The van der Waals surface area contributed by atoms with Gasteiger partial charge in [0.2, 0.25) is 11.6 Å². The zero-order valence-corrected chi connectivity index (χ0v) is 20.8. The molecule has 10 heteroatoms. The third kappa shape index (κ3) is 5.94. The smallest absolute Gasteiger partial charge is 0.348 e. The van der Waals surface area contributed by atoms with Gasteiger partial charge in [-0.1, -0.05) is 91.0 Å². The second-order valence-corrected chi connectivity index (χ2v) is 8.97. The van der Waals surface area contributed by atoms with Gasteiger partial charge in [0, 0.05) is 11.1 Å². The van der Waals surface area contributed by atoms with E-state index in [4.69, 9.17) is 0 Å². The molecule has 3 aromatic carbocycles. The molecular weight excluding hydrogens is 506 g/mol. The number of hydrogen-bond acceptors (Lipinski definition) is 8. The Labute approximate surface area is 224 Å². The highest BCUT2D eigenvalue weighted by Gasteiger charge is 2.69. The van der Waals surface area contributed by atoms with Gasteiger partial charge in [-0.05, 0) is 24.9 Å². The van der Waals surface area contributed by atoms with Gasteiger partial charge in [0.15, 0.2) is 0 Å². The molecule has 0 bridgehead atoms. The predicted octanol–water partition coefficient (Wildman–Crippen LogP) is 1.86. The maximum Gasteiger partial charge on any atom is 0.348 e. The van der Waals surface area contributed by atoms with Crippen molar-refractivity contribution in [2.75, 3.05) is 6.54 Å². The molecule has 4 atom stereocenters. The monoisotopic (exact) mass is 535 g/mol. The van der Waals surface area contributed by atoms with Crippen molar-refractivity contribution in [3.05, 3.63) is 108 Å². The highest BCUT2D eigenvalue weighted by Crippen LogP contribution is 2.31. The fourth-order valence-corrected chi connectivity index (χ4v) is 4.30. The minimum atomic E-state index is -3.95. The molecule has 1 heterocycles. The number of nitrogens with one attached hydrogen (secondary N) is 1. The van der Waals surface area contributed by atoms with Crippen molar-refractivity contribution in [2.24, 2.45) is 0 Å². The molecule has 1 fully saturated rings. The molecule has 2 unspecified atom stereocenters. The number of piperidine rings is 1. The molecule has 4 rings (SSSR count). The standard InChI is InChI=1S/C18H14O8.C11H15NO/c19-13(11-7-3-1-4-8-11)17(25,15(21)22)18(26,16(23)24)14(20)12-9-5-2-6-10-12;13-10-7-4-8-12-11(10)9-5-2-1-3-6-9/h1-10,25-26H,(H,21,22)(H,23,24);1-3,5-6,10-13H,4,7-8H2/t;10-,11-/m.1/s1. The van der Waals surface area contributed by atoms with Crippen LogP contribution in [0.5, 0.6) is 0 Å². The Morgan fingerprint density at radius 1 is 0.667 bits per heavy atom. The Bertz CT molecular complexity index is 1230. The second kappa shape index (κ2) is 12.5. The SMILES string of the molecule is O=C(O)C(O)(C(=O)c1ccccc1)C(O)(C(=O)O)C(=O)c1ccccc1.O[C@@H]1CCCN[C@@H]1c1ccccc1. The molecule has 0 aromatic heterocycles. The summed E-state index contributed by atoms with van der Waals surface area (Å²) in [4.78, 5) is 48.5. The van der Waals surface area contributed by atoms with Crippen molar-refractivity contribution < 1.29 is 44.7 Å². The summed E-state index contributed by atoms with van der Waals surface area (Å²) < 4.78 is 0. The van der Waals surface area contributed by atoms with Crippen LogP contribution in [-0.4, -0.2) is 72.9 Å². The Balaban J connectivity index is 0.000000268. The molecule has 204 valence electrons. The Morgan fingerprint density at radius 3 is 1.41 bits per heavy atom. The van der Waals surface area contributed by atoms with Crippen molar-refractivity contribution in [1.29, 1.82) is 0 Å². The normalized spacial score (nSPS) is 19.8. The number of Topliss-reactive ketones (excluding diaryl/α,β-unsaturated/α-hetero) is 2. The number of hydrogen-bond donors (Lipinski definition) is 6. The van der Waals surface area contributed by atoms with Crippen molar-refractivity contribution >= 4 is 23.5 Å².